The Kier molecular flexibility index (Phi) is 6.20. The van der Waals surface area contributed by atoms with Gasteiger partial charge in [0.25, 0.3) is 5.91 Å². The van der Waals surface area contributed by atoms with E-state index in [1.165, 1.54) is 11.8 Å². The highest BCUT2D eigenvalue weighted by atomic mass is 79.9. The van der Waals surface area contributed by atoms with E-state index in [0.29, 0.717) is 44.1 Å². The van der Waals surface area contributed by atoms with Crippen molar-refractivity contribution in [2.45, 2.75) is 23.9 Å². The number of benzene rings is 1. The van der Waals surface area contributed by atoms with Gasteiger partial charge in [-0.25, -0.2) is 4.79 Å². The Hall–Kier alpha value is -2.00. The van der Waals surface area contributed by atoms with Crippen molar-refractivity contribution >= 4 is 51.3 Å². The van der Waals surface area contributed by atoms with Gasteiger partial charge in [-0.15, -0.1) is 4.58 Å². The molecule has 0 bridgehead atoms. The summed E-state index contributed by atoms with van der Waals surface area (Å²) in [5.41, 5.74) is 1.80. The summed E-state index contributed by atoms with van der Waals surface area (Å²) in [5, 5.41) is 0.00816. The first kappa shape index (κ1) is 21.8. The van der Waals surface area contributed by atoms with E-state index >= 15 is 0 Å². The summed E-state index contributed by atoms with van der Waals surface area (Å²) in [4.78, 5) is 29.0. The molecule has 1 atom stereocenters. The van der Waals surface area contributed by atoms with E-state index in [2.05, 4.69) is 22.0 Å². The molecule has 2 amide bonds. The number of piperidine rings is 1. The SMILES string of the molecule is O=C(C[N+]1=C2C=CC=CC2S/C(=C/c2cccc(Br)c2)C1=O)N1CCC2(CC1)OCCO2. The lowest BCUT2D eigenvalue weighted by molar-refractivity contribution is -0.435. The maximum atomic E-state index is 13.4. The summed E-state index contributed by atoms with van der Waals surface area (Å²) in [6, 6.07) is 7.84. The van der Waals surface area contributed by atoms with Gasteiger partial charge in [0, 0.05) is 36.5 Å². The van der Waals surface area contributed by atoms with Crippen molar-refractivity contribution in [1.29, 1.82) is 0 Å². The van der Waals surface area contributed by atoms with Crippen molar-refractivity contribution in [1.82, 2.24) is 4.90 Å². The Bertz CT molecular complexity index is 1060. The first-order valence-corrected chi connectivity index (χ1v) is 12.4. The molecule has 4 aliphatic rings. The number of carbonyl (C=O) groups is 2. The third-order valence-corrected chi connectivity index (χ3v) is 7.80. The van der Waals surface area contributed by atoms with Gasteiger partial charge in [0.05, 0.1) is 13.2 Å². The Labute approximate surface area is 199 Å². The van der Waals surface area contributed by atoms with Gasteiger partial charge in [-0.05, 0) is 23.8 Å². The second-order valence-electron chi connectivity index (χ2n) is 8.15. The number of likely N-dealkylation sites (tertiary alicyclic amines) is 1. The molecule has 1 unspecified atom stereocenters. The lowest BCUT2D eigenvalue weighted by Crippen LogP contribution is -2.50. The fraction of sp³-hybridized carbons (Fsp3) is 0.375. The van der Waals surface area contributed by atoms with Crippen LogP contribution in [0.2, 0.25) is 0 Å². The summed E-state index contributed by atoms with van der Waals surface area (Å²) in [6.07, 6.45) is 11.1. The minimum Gasteiger partial charge on any atom is -0.347 e. The Balaban J connectivity index is 1.37. The molecule has 166 valence electrons. The van der Waals surface area contributed by atoms with Gasteiger partial charge in [0.15, 0.2) is 5.79 Å². The van der Waals surface area contributed by atoms with Gasteiger partial charge in [-0.3, -0.25) is 4.79 Å². The van der Waals surface area contributed by atoms with Crippen LogP contribution in [0.15, 0.2) is 57.9 Å². The number of thioether (sulfide) groups is 1. The molecule has 0 N–H and O–H groups in total. The highest BCUT2D eigenvalue weighted by molar-refractivity contribution is 9.10. The van der Waals surface area contributed by atoms with Gasteiger partial charge in [-0.1, -0.05) is 58.1 Å². The van der Waals surface area contributed by atoms with Crippen molar-refractivity contribution in [3.63, 3.8) is 0 Å². The number of hydrogen-bond acceptors (Lipinski definition) is 5. The molecule has 8 heteroatoms. The lowest BCUT2D eigenvalue weighted by Gasteiger charge is -2.37. The molecular formula is C24H24BrN2O4S+. The Morgan fingerprint density at radius 2 is 2.03 bits per heavy atom. The van der Waals surface area contributed by atoms with Crippen LogP contribution in [0.5, 0.6) is 0 Å². The number of rotatable bonds is 3. The number of ether oxygens (including phenoxy) is 2. The van der Waals surface area contributed by atoms with Crippen molar-refractivity contribution in [3.8, 4) is 0 Å². The van der Waals surface area contributed by atoms with E-state index < -0.39 is 5.79 Å². The average Bonchev–Trinajstić information content (AvgIpc) is 3.25. The van der Waals surface area contributed by atoms with Crippen LogP contribution in [-0.4, -0.2) is 70.9 Å². The van der Waals surface area contributed by atoms with Gasteiger partial charge in [0.2, 0.25) is 12.3 Å². The van der Waals surface area contributed by atoms with Crippen LogP contribution in [0.1, 0.15) is 18.4 Å². The van der Waals surface area contributed by atoms with Crippen LogP contribution >= 0.6 is 27.7 Å². The summed E-state index contributed by atoms with van der Waals surface area (Å²) >= 11 is 5.01. The maximum absolute atomic E-state index is 13.4. The molecule has 0 aromatic heterocycles. The van der Waals surface area contributed by atoms with Crippen LogP contribution in [0.25, 0.3) is 6.08 Å². The van der Waals surface area contributed by atoms with Crippen molar-refractivity contribution in [2.75, 3.05) is 32.8 Å². The van der Waals surface area contributed by atoms with E-state index in [-0.39, 0.29) is 23.6 Å². The molecule has 1 spiro atoms. The van der Waals surface area contributed by atoms with Gasteiger partial charge < -0.3 is 14.4 Å². The third kappa shape index (κ3) is 4.41. The molecule has 0 radical (unpaired) electrons. The van der Waals surface area contributed by atoms with Crippen LogP contribution in [0.4, 0.5) is 0 Å². The fourth-order valence-electron chi connectivity index (χ4n) is 4.42. The van der Waals surface area contributed by atoms with E-state index in [0.717, 1.165) is 15.7 Å². The zero-order chi connectivity index (χ0) is 22.1. The molecule has 0 saturated carbocycles. The molecule has 1 aromatic rings. The van der Waals surface area contributed by atoms with Crippen molar-refractivity contribution in [2.24, 2.45) is 0 Å². The topological polar surface area (TPSA) is 58.9 Å². The number of nitrogens with zero attached hydrogens (tertiary/aromatic N) is 2. The fourth-order valence-corrected chi connectivity index (χ4v) is 6.02. The minimum absolute atomic E-state index is 0.00816. The van der Waals surface area contributed by atoms with Crippen LogP contribution in [-0.2, 0) is 19.1 Å². The minimum atomic E-state index is -0.523. The van der Waals surface area contributed by atoms with Crippen LogP contribution < -0.4 is 0 Å². The number of halogens is 1. The third-order valence-electron chi connectivity index (χ3n) is 6.11. The standard InChI is InChI=1S/C24H24BrN2O4S/c25-18-5-3-4-17(14-18)15-21-23(29)27(19-6-1-2-7-20(19)32-21)16-22(28)26-10-8-24(9-11-26)30-12-13-31-24/h1-7,14-15,20H,8-13,16H2/q+1/b21-15+. The first-order chi connectivity index (χ1) is 15.5. The van der Waals surface area contributed by atoms with Gasteiger partial charge in [-0.2, -0.15) is 0 Å². The zero-order valence-electron chi connectivity index (χ0n) is 17.5. The highest BCUT2D eigenvalue weighted by Crippen LogP contribution is 2.34. The zero-order valence-corrected chi connectivity index (χ0v) is 19.9. The molecule has 3 heterocycles. The number of carbonyl (C=O) groups excluding carboxylic acids is 2. The monoisotopic (exact) mass is 515 g/mol. The molecule has 3 aliphatic heterocycles. The average molecular weight is 516 g/mol. The molecule has 32 heavy (non-hydrogen) atoms. The summed E-state index contributed by atoms with van der Waals surface area (Å²) in [5.74, 6) is -0.704. The number of fused-ring (bicyclic) bond motifs is 1. The normalized spacial score (nSPS) is 25.7. The highest BCUT2D eigenvalue weighted by Gasteiger charge is 2.43. The quantitative estimate of drug-likeness (QED) is 0.456. The molecule has 5 rings (SSSR count). The molecule has 1 aliphatic carbocycles. The second kappa shape index (κ2) is 9.09. The van der Waals surface area contributed by atoms with Crippen LogP contribution in [0, 0.1) is 0 Å². The Morgan fingerprint density at radius 1 is 1.25 bits per heavy atom. The second-order valence-corrected chi connectivity index (χ2v) is 10.2. The molecule has 2 fully saturated rings. The number of amides is 2. The smallest absolute Gasteiger partial charge is 0.347 e. The molecule has 1 aromatic carbocycles. The Morgan fingerprint density at radius 3 is 2.78 bits per heavy atom. The summed E-state index contributed by atoms with van der Waals surface area (Å²) in [7, 11) is 0. The van der Waals surface area contributed by atoms with Crippen LogP contribution in [0.3, 0.4) is 0 Å². The van der Waals surface area contributed by atoms with E-state index in [9.17, 15) is 9.59 Å². The van der Waals surface area contributed by atoms with Crippen molar-refractivity contribution in [3.05, 3.63) is 63.5 Å². The molecule has 2 saturated heterocycles. The molecule has 6 nitrogen and oxygen atoms in total. The maximum Gasteiger partial charge on any atom is 0.426 e. The number of hydrogen-bond donors (Lipinski definition) is 0. The van der Waals surface area contributed by atoms with Gasteiger partial charge in [0.1, 0.15) is 10.2 Å². The van der Waals surface area contributed by atoms with E-state index in [1.807, 2.05) is 53.5 Å². The van der Waals surface area contributed by atoms with E-state index in [1.54, 1.807) is 4.58 Å². The van der Waals surface area contributed by atoms with Crippen molar-refractivity contribution < 1.29 is 23.6 Å². The van der Waals surface area contributed by atoms with Gasteiger partial charge >= 0.3 is 5.91 Å². The first-order valence-electron chi connectivity index (χ1n) is 10.8. The number of allylic oxidation sites excluding steroid dienone is 3. The van der Waals surface area contributed by atoms with E-state index in [4.69, 9.17) is 9.47 Å². The summed E-state index contributed by atoms with van der Waals surface area (Å²) < 4.78 is 14.1. The summed E-state index contributed by atoms with van der Waals surface area (Å²) in [6.45, 7) is 2.41. The predicted octanol–water partition coefficient (Wildman–Crippen LogP) is 3.38. The lowest BCUT2D eigenvalue weighted by atomic mass is 10.0. The predicted molar refractivity (Wildman–Crippen MR) is 127 cm³/mol. The largest absolute Gasteiger partial charge is 0.426 e. The molecular weight excluding hydrogens is 492 g/mol.